The summed E-state index contributed by atoms with van der Waals surface area (Å²) in [6.45, 7) is 7.36. The highest BCUT2D eigenvalue weighted by Crippen LogP contribution is 2.62. The summed E-state index contributed by atoms with van der Waals surface area (Å²) in [5.74, 6) is -0.0970. The number of nitrogens with one attached hydrogen (secondary N) is 4. The van der Waals surface area contributed by atoms with Gasteiger partial charge in [0.2, 0.25) is 17.7 Å². The number of ether oxygens (including phenoxy) is 1. The Hall–Kier alpha value is -5.30. The first-order valence-electron chi connectivity index (χ1n) is 17.9. The number of carbonyl (C=O) groups excluding carboxylic acids is 2. The summed E-state index contributed by atoms with van der Waals surface area (Å²) in [5.41, 5.74) is 5.49. The monoisotopic (exact) mass is 764 g/mol. The maximum Gasteiger partial charge on any atom is 0.250 e. The first-order valence-corrected chi connectivity index (χ1v) is 18.7. The number of oxazole rings is 2. The van der Waals surface area contributed by atoms with Gasteiger partial charge in [-0.3, -0.25) is 9.59 Å². The average molecular weight is 766 g/mol. The van der Waals surface area contributed by atoms with Crippen LogP contribution in [-0.2, 0) is 21.4 Å². The van der Waals surface area contributed by atoms with Crippen molar-refractivity contribution < 1.29 is 28.3 Å². The number of benzene rings is 3. The molecule has 5 N–H and O–H groups in total. The molecule has 3 aromatic carbocycles. The van der Waals surface area contributed by atoms with E-state index in [1.807, 2.05) is 62.4 Å². The largest absolute Gasteiger partial charge is 0.469 e. The van der Waals surface area contributed by atoms with E-state index in [9.17, 15) is 14.7 Å². The molecule has 54 heavy (non-hydrogen) atoms. The van der Waals surface area contributed by atoms with Crippen LogP contribution < -0.4 is 20.7 Å². The second-order valence-electron chi connectivity index (χ2n) is 15.1. The molecule has 0 fully saturated rings. The standard InChI is InChI=1S/C40H34Cl2N6O6/c1-15(2)27-37-46-29-32(54-37)40-20-9-5-8-19(18-7-6-10-22-25(18)26(33(41)43-22)31-34(42)48-38(29)53-31)28(20)47-39(40)52-24-12-11-17(13-21(24)40)14-23(35(50)45-27)44-36(51)30(49)16(3)4/h5-13,15-16,23,27,30,39,43,47,49H,14H2,1-4H3,(H,44,51)(H,45,50)/t23-,27-,30-,39?,40-/m0/s1. The van der Waals surface area contributed by atoms with E-state index in [-0.39, 0.29) is 46.6 Å². The van der Waals surface area contributed by atoms with Gasteiger partial charge >= 0.3 is 0 Å². The molecule has 4 aliphatic rings. The second-order valence-corrected chi connectivity index (χ2v) is 15.8. The number of para-hydroxylation sites is 1. The maximum absolute atomic E-state index is 14.2. The number of anilines is 1. The third-order valence-corrected chi connectivity index (χ3v) is 11.7. The van der Waals surface area contributed by atoms with Gasteiger partial charge in [-0.1, -0.05) is 93.4 Å². The molecule has 274 valence electrons. The van der Waals surface area contributed by atoms with Crippen LogP contribution in [0.15, 0.2) is 63.4 Å². The summed E-state index contributed by atoms with van der Waals surface area (Å²) >= 11 is 13.9. The van der Waals surface area contributed by atoms with Gasteiger partial charge in [0.15, 0.2) is 28.6 Å². The van der Waals surface area contributed by atoms with Gasteiger partial charge in [-0.05, 0) is 35.1 Å². The number of amides is 2. The van der Waals surface area contributed by atoms with Crippen molar-refractivity contribution in [2.45, 2.75) is 63.9 Å². The minimum absolute atomic E-state index is 0.0872. The highest BCUT2D eigenvalue weighted by atomic mass is 35.5. The zero-order valence-corrected chi connectivity index (χ0v) is 31.0. The lowest BCUT2D eigenvalue weighted by Gasteiger charge is -2.29. The Balaban J connectivity index is 1.30. The van der Waals surface area contributed by atoms with Crippen LogP contribution >= 0.6 is 23.2 Å². The fourth-order valence-electron chi connectivity index (χ4n) is 8.52. The smallest absolute Gasteiger partial charge is 0.250 e. The number of fused-ring (bicyclic) bond motifs is 7. The average Bonchev–Trinajstić information content (AvgIpc) is 3.94. The van der Waals surface area contributed by atoms with Crippen molar-refractivity contribution in [3.05, 3.63) is 93.2 Å². The number of aromatic amines is 1. The number of H-pyrrole nitrogens is 1. The Bertz CT molecular complexity index is 2590. The highest BCUT2D eigenvalue weighted by molar-refractivity contribution is 6.37. The predicted octanol–water partition coefficient (Wildman–Crippen LogP) is 7.11. The van der Waals surface area contributed by atoms with Crippen LogP contribution in [0.2, 0.25) is 10.3 Å². The molecule has 1 spiro atoms. The third kappa shape index (κ3) is 4.47. The molecule has 0 aliphatic carbocycles. The van der Waals surface area contributed by atoms with Gasteiger partial charge < -0.3 is 39.6 Å². The van der Waals surface area contributed by atoms with E-state index in [0.29, 0.717) is 22.2 Å². The number of aromatic nitrogens is 3. The van der Waals surface area contributed by atoms with Crippen molar-refractivity contribution in [2.24, 2.45) is 11.8 Å². The molecule has 4 aliphatic heterocycles. The van der Waals surface area contributed by atoms with Crippen molar-refractivity contribution >= 4 is 51.6 Å². The summed E-state index contributed by atoms with van der Waals surface area (Å²) in [6.07, 6.45) is -1.87. The quantitative estimate of drug-likeness (QED) is 0.126. The molecule has 0 saturated heterocycles. The maximum atomic E-state index is 14.2. The van der Waals surface area contributed by atoms with Crippen LogP contribution in [0.4, 0.5) is 5.69 Å². The summed E-state index contributed by atoms with van der Waals surface area (Å²) in [5, 5.41) is 21.5. The normalized spacial score (nSPS) is 22.2. The molecular weight excluding hydrogens is 731 g/mol. The van der Waals surface area contributed by atoms with E-state index in [4.69, 9.17) is 46.7 Å². The molecular formula is C40H34Cl2N6O6. The van der Waals surface area contributed by atoms with Gasteiger partial charge in [0.1, 0.15) is 34.5 Å². The first kappa shape index (κ1) is 33.3. The molecule has 1 unspecified atom stereocenters. The van der Waals surface area contributed by atoms with E-state index >= 15 is 0 Å². The van der Waals surface area contributed by atoms with Crippen LogP contribution in [-0.4, -0.2) is 50.2 Å². The van der Waals surface area contributed by atoms with Crippen molar-refractivity contribution in [1.82, 2.24) is 25.6 Å². The number of halogens is 2. The summed E-state index contributed by atoms with van der Waals surface area (Å²) in [7, 11) is 0. The first-order chi connectivity index (χ1) is 25.9. The molecule has 0 saturated carbocycles. The molecule has 5 atom stereocenters. The lowest BCUT2D eigenvalue weighted by Crippen LogP contribution is -2.52. The molecule has 2 amide bonds. The van der Waals surface area contributed by atoms with Gasteiger partial charge in [0.25, 0.3) is 5.89 Å². The van der Waals surface area contributed by atoms with Crippen LogP contribution in [0.25, 0.3) is 44.9 Å². The lowest BCUT2D eigenvalue weighted by atomic mass is 9.72. The van der Waals surface area contributed by atoms with Gasteiger partial charge in [0, 0.05) is 39.7 Å². The van der Waals surface area contributed by atoms with E-state index in [2.05, 4.69) is 27.0 Å². The molecule has 14 heteroatoms. The van der Waals surface area contributed by atoms with Gasteiger partial charge in [-0.2, -0.15) is 4.98 Å². The van der Waals surface area contributed by atoms with Gasteiger partial charge in [-0.15, -0.1) is 0 Å². The Kier molecular flexibility index (Phi) is 7.15. The van der Waals surface area contributed by atoms with Crippen LogP contribution in [0, 0.1) is 11.8 Å². The van der Waals surface area contributed by atoms with Crippen LogP contribution in [0.3, 0.4) is 0 Å². The fourth-order valence-corrected chi connectivity index (χ4v) is 9.01. The Morgan fingerprint density at radius 3 is 2.59 bits per heavy atom. The zero-order chi connectivity index (χ0) is 37.4. The number of aliphatic hydroxyl groups excluding tert-OH is 1. The Labute approximate surface area is 318 Å². The molecule has 12 nitrogen and oxygen atoms in total. The lowest BCUT2D eigenvalue weighted by molar-refractivity contribution is -0.135. The number of rotatable bonds is 4. The highest BCUT2D eigenvalue weighted by Gasteiger charge is 2.61. The summed E-state index contributed by atoms with van der Waals surface area (Å²) in [4.78, 5) is 40.5. The number of nitrogens with zero attached hydrogens (tertiary/aromatic N) is 2. The van der Waals surface area contributed by atoms with E-state index in [0.717, 1.165) is 44.4 Å². The predicted molar refractivity (Wildman–Crippen MR) is 201 cm³/mol. The zero-order valence-electron chi connectivity index (χ0n) is 29.5. The Morgan fingerprint density at radius 1 is 1.00 bits per heavy atom. The molecule has 10 rings (SSSR count). The number of hydrogen-bond acceptors (Lipinski definition) is 9. The number of hydrogen-bond donors (Lipinski definition) is 5. The fraction of sp³-hybridized carbons (Fsp3) is 0.300. The second kappa shape index (κ2) is 11.6. The van der Waals surface area contributed by atoms with Crippen molar-refractivity contribution in [1.29, 1.82) is 0 Å². The third-order valence-electron chi connectivity index (χ3n) is 11.2. The number of aliphatic hydroxyl groups is 1. The van der Waals surface area contributed by atoms with Crippen molar-refractivity contribution in [3.8, 4) is 39.8 Å². The van der Waals surface area contributed by atoms with Gasteiger partial charge in [-0.25, -0.2) is 4.98 Å². The SMILES string of the molecule is CC(C)[C@H](O)C(=O)N[C@H]1Cc2ccc3c(c2)[C@]24c5cccc(c5NC2O3)-c2cccc3[nH]c(Cl)c(c23)-c2oc(nc2Cl)-c2nc(oc24)[C@H](C(C)C)NC1=O. The van der Waals surface area contributed by atoms with E-state index in [1.54, 1.807) is 13.8 Å². The number of carbonyl (C=O) groups is 2. The Morgan fingerprint density at radius 2 is 1.80 bits per heavy atom. The van der Waals surface area contributed by atoms with Gasteiger partial charge in [0.05, 0.1) is 5.56 Å². The van der Waals surface area contributed by atoms with E-state index in [1.165, 1.54) is 0 Å². The minimum atomic E-state index is -1.30. The summed E-state index contributed by atoms with van der Waals surface area (Å²) in [6, 6.07) is 16.0. The summed E-state index contributed by atoms with van der Waals surface area (Å²) < 4.78 is 20.4. The van der Waals surface area contributed by atoms with E-state index < -0.39 is 41.6 Å². The topological polar surface area (TPSA) is 168 Å². The van der Waals surface area contributed by atoms with Crippen LogP contribution in [0.1, 0.15) is 62.1 Å². The van der Waals surface area contributed by atoms with Crippen LogP contribution in [0.5, 0.6) is 5.75 Å². The molecule has 3 aromatic heterocycles. The minimum Gasteiger partial charge on any atom is -0.469 e. The molecule has 0 radical (unpaired) electrons. The molecule has 7 heterocycles. The molecule has 10 bridgehead atoms. The van der Waals surface area contributed by atoms with Crippen molar-refractivity contribution in [2.75, 3.05) is 5.32 Å². The molecule has 6 aromatic rings. The van der Waals surface area contributed by atoms with Crippen molar-refractivity contribution in [3.63, 3.8) is 0 Å².